The molecule has 1 aromatic rings. The van der Waals surface area contributed by atoms with E-state index < -0.39 is 0 Å². The number of hydrogen-bond acceptors (Lipinski definition) is 2. The molecule has 1 rings (SSSR count). The molecule has 4 heteroatoms. The number of ether oxygens (including phenoxy) is 1. The van der Waals surface area contributed by atoms with Gasteiger partial charge < -0.3 is 9.84 Å². The predicted molar refractivity (Wildman–Crippen MR) is 43.4 cm³/mol. The summed E-state index contributed by atoms with van der Waals surface area (Å²) in [6.45, 7) is 2.51. The first kappa shape index (κ1) is 9.22. The third-order valence-corrected chi connectivity index (χ3v) is 1.75. The smallest absolute Gasteiger partial charge is 0.286 e. The van der Waals surface area contributed by atoms with Gasteiger partial charge in [-0.1, -0.05) is 0 Å². The van der Waals surface area contributed by atoms with Crippen LogP contribution in [0.25, 0.3) is 0 Å². The van der Waals surface area contributed by atoms with Crippen molar-refractivity contribution in [2.45, 2.75) is 13.0 Å². The van der Waals surface area contributed by atoms with Gasteiger partial charge >= 0.3 is 0 Å². The van der Waals surface area contributed by atoms with Crippen LogP contribution >= 0.6 is 0 Å². The molecule has 0 aliphatic carbocycles. The Bertz CT molecular complexity index is 235. The van der Waals surface area contributed by atoms with E-state index in [2.05, 4.69) is 4.98 Å². The Morgan fingerprint density at radius 3 is 2.92 bits per heavy atom. The third kappa shape index (κ3) is 1.84. The number of rotatable bonds is 4. The molecule has 1 atom stereocenters. The molecular weight excluding hydrogens is 156 g/mol. The Morgan fingerprint density at radius 2 is 2.50 bits per heavy atom. The minimum atomic E-state index is -0.241. The fourth-order valence-corrected chi connectivity index (χ4v) is 1.16. The highest BCUT2D eigenvalue weighted by molar-refractivity contribution is 4.83. The molecule has 0 amide bonds. The molecular formula is C8H15N2O2+. The Balaban J connectivity index is 2.72. The molecule has 0 aromatic carbocycles. The largest absolute Gasteiger partial charge is 0.393 e. The van der Waals surface area contributed by atoms with Gasteiger partial charge in [0.15, 0.2) is 6.10 Å². The first-order valence-corrected chi connectivity index (χ1v) is 4.05. The van der Waals surface area contributed by atoms with E-state index in [4.69, 9.17) is 9.84 Å². The van der Waals surface area contributed by atoms with E-state index in [0.717, 1.165) is 5.82 Å². The van der Waals surface area contributed by atoms with Crippen molar-refractivity contribution in [3.63, 3.8) is 0 Å². The first-order chi connectivity index (χ1) is 5.79. The zero-order valence-corrected chi connectivity index (χ0v) is 7.45. The van der Waals surface area contributed by atoms with Gasteiger partial charge in [0, 0.05) is 6.61 Å². The number of aryl methyl sites for hydroxylation is 1. The van der Waals surface area contributed by atoms with Crippen molar-refractivity contribution < 1.29 is 14.4 Å². The minimum absolute atomic E-state index is 0.00218. The van der Waals surface area contributed by atoms with E-state index in [1.807, 2.05) is 30.9 Å². The highest BCUT2D eigenvalue weighted by Crippen LogP contribution is 2.09. The molecule has 68 valence electrons. The van der Waals surface area contributed by atoms with Gasteiger partial charge in [-0.05, 0) is 6.92 Å². The van der Waals surface area contributed by atoms with Crippen LogP contribution < -0.4 is 4.57 Å². The molecule has 0 saturated heterocycles. The summed E-state index contributed by atoms with van der Waals surface area (Å²) in [6, 6.07) is 0. The van der Waals surface area contributed by atoms with Gasteiger partial charge in [0.25, 0.3) is 5.82 Å². The van der Waals surface area contributed by atoms with Crippen LogP contribution in [0.4, 0.5) is 0 Å². The molecule has 0 spiro atoms. The van der Waals surface area contributed by atoms with Crippen molar-refractivity contribution in [1.29, 1.82) is 0 Å². The minimum Gasteiger partial charge on any atom is -0.393 e. The second kappa shape index (κ2) is 4.23. The van der Waals surface area contributed by atoms with Gasteiger partial charge in [-0.25, -0.2) is 9.55 Å². The quantitative estimate of drug-likeness (QED) is 0.622. The predicted octanol–water partition coefficient (Wildman–Crippen LogP) is -0.0909. The summed E-state index contributed by atoms with van der Waals surface area (Å²) in [7, 11) is 1.91. The van der Waals surface area contributed by atoms with Gasteiger partial charge in [-0.2, -0.15) is 0 Å². The average molecular weight is 171 g/mol. The van der Waals surface area contributed by atoms with Crippen molar-refractivity contribution >= 4 is 0 Å². The van der Waals surface area contributed by atoms with E-state index in [1.54, 1.807) is 0 Å². The van der Waals surface area contributed by atoms with E-state index in [-0.39, 0.29) is 12.7 Å². The number of nitrogens with zero attached hydrogens (tertiary/aromatic N) is 1. The van der Waals surface area contributed by atoms with Gasteiger partial charge in [0.1, 0.15) is 12.4 Å². The molecule has 0 aliphatic rings. The summed E-state index contributed by atoms with van der Waals surface area (Å²) in [5, 5.41) is 9.00. The third-order valence-electron chi connectivity index (χ3n) is 1.75. The van der Waals surface area contributed by atoms with Crippen molar-refractivity contribution in [2.75, 3.05) is 13.2 Å². The number of H-pyrrole nitrogens is 1. The average Bonchev–Trinajstić information content (AvgIpc) is 2.47. The highest BCUT2D eigenvalue weighted by Gasteiger charge is 2.20. The molecule has 0 bridgehead atoms. The van der Waals surface area contributed by atoms with Crippen molar-refractivity contribution in [2.24, 2.45) is 7.05 Å². The number of hydrogen-bond donors (Lipinski definition) is 2. The maximum Gasteiger partial charge on any atom is 0.286 e. The second-order valence-corrected chi connectivity index (χ2v) is 2.58. The lowest BCUT2D eigenvalue weighted by Crippen LogP contribution is -2.34. The lowest BCUT2D eigenvalue weighted by atomic mass is 10.3. The topological polar surface area (TPSA) is 49.1 Å². The zero-order valence-electron chi connectivity index (χ0n) is 7.45. The second-order valence-electron chi connectivity index (χ2n) is 2.58. The zero-order chi connectivity index (χ0) is 8.97. The fourth-order valence-electron chi connectivity index (χ4n) is 1.16. The molecule has 1 aromatic heterocycles. The number of aromatic amines is 1. The Labute approximate surface area is 71.8 Å². The number of imidazole rings is 1. The lowest BCUT2D eigenvalue weighted by Gasteiger charge is -2.08. The van der Waals surface area contributed by atoms with Crippen LogP contribution in [0.15, 0.2) is 12.4 Å². The van der Waals surface area contributed by atoms with E-state index in [9.17, 15) is 0 Å². The van der Waals surface area contributed by atoms with E-state index >= 15 is 0 Å². The Morgan fingerprint density at radius 1 is 1.75 bits per heavy atom. The van der Waals surface area contributed by atoms with Crippen LogP contribution in [-0.4, -0.2) is 23.3 Å². The number of aliphatic hydroxyl groups excluding tert-OH is 1. The first-order valence-electron chi connectivity index (χ1n) is 4.05. The summed E-state index contributed by atoms with van der Waals surface area (Å²) in [4.78, 5) is 3.02. The molecule has 2 N–H and O–H groups in total. The summed E-state index contributed by atoms with van der Waals surface area (Å²) in [5.41, 5.74) is 0. The maximum atomic E-state index is 9.00. The van der Waals surface area contributed by atoms with Crippen molar-refractivity contribution in [1.82, 2.24) is 4.98 Å². The van der Waals surface area contributed by atoms with Crippen LogP contribution in [0.5, 0.6) is 0 Å². The Kier molecular flexibility index (Phi) is 3.25. The molecule has 0 fully saturated rings. The van der Waals surface area contributed by atoms with Crippen molar-refractivity contribution in [3.05, 3.63) is 18.2 Å². The molecule has 12 heavy (non-hydrogen) atoms. The fraction of sp³-hybridized carbons (Fsp3) is 0.625. The normalized spacial score (nSPS) is 13.2. The summed E-state index contributed by atoms with van der Waals surface area (Å²) in [5.74, 6) is 0.888. The molecule has 1 heterocycles. The van der Waals surface area contributed by atoms with E-state index in [1.165, 1.54) is 0 Å². The number of aliphatic hydroxyl groups is 1. The van der Waals surface area contributed by atoms with Gasteiger partial charge in [0.2, 0.25) is 0 Å². The SMILES string of the molecule is CCOC(CO)c1[nH]cc[n+]1C. The van der Waals surface area contributed by atoms with Crippen LogP contribution in [-0.2, 0) is 11.8 Å². The van der Waals surface area contributed by atoms with Crippen LogP contribution in [0.2, 0.25) is 0 Å². The van der Waals surface area contributed by atoms with Crippen molar-refractivity contribution in [3.8, 4) is 0 Å². The molecule has 0 saturated carbocycles. The summed E-state index contributed by atoms with van der Waals surface area (Å²) in [6.07, 6.45) is 3.46. The van der Waals surface area contributed by atoms with Gasteiger partial charge in [-0.3, -0.25) is 0 Å². The molecule has 0 radical (unpaired) electrons. The van der Waals surface area contributed by atoms with E-state index in [0.29, 0.717) is 6.61 Å². The van der Waals surface area contributed by atoms with Gasteiger partial charge in [-0.15, -0.1) is 0 Å². The molecule has 4 nitrogen and oxygen atoms in total. The van der Waals surface area contributed by atoms with Crippen LogP contribution in [0.1, 0.15) is 18.9 Å². The van der Waals surface area contributed by atoms with Gasteiger partial charge in [0.05, 0.1) is 13.7 Å². The summed E-state index contributed by atoms with van der Waals surface area (Å²) >= 11 is 0. The monoisotopic (exact) mass is 171 g/mol. The van der Waals surface area contributed by atoms with Crippen LogP contribution in [0, 0.1) is 0 Å². The Hall–Kier alpha value is -0.870. The standard InChI is InChI=1S/C8H14N2O2/c1-3-12-7(6-11)8-9-4-5-10(8)2/h4-5,7,11H,3,6H2,1-2H3/p+1. The molecule has 1 unspecified atom stereocenters. The molecule has 0 aliphatic heterocycles. The van der Waals surface area contributed by atoms with Crippen LogP contribution in [0.3, 0.4) is 0 Å². The maximum absolute atomic E-state index is 9.00. The number of nitrogens with one attached hydrogen (secondary N) is 1. The highest BCUT2D eigenvalue weighted by atomic mass is 16.5. The number of aromatic nitrogens is 2. The summed E-state index contributed by atoms with van der Waals surface area (Å²) < 4.78 is 7.21. The lowest BCUT2D eigenvalue weighted by molar-refractivity contribution is -0.682.